The van der Waals surface area contributed by atoms with Gasteiger partial charge in [0.2, 0.25) is 11.8 Å². The lowest BCUT2D eigenvalue weighted by atomic mass is 10.00. The summed E-state index contributed by atoms with van der Waals surface area (Å²) >= 11 is 1.36. The minimum Gasteiger partial charge on any atom is -0.375 e. The lowest BCUT2D eigenvalue weighted by molar-refractivity contribution is -0.157. The van der Waals surface area contributed by atoms with Crippen molar-refractivity contribution in [3.05, 3.63) is 95.1 Å². The summed E-state index contributed by atoms with van der Waals surface area (Å²) in [5.74, 6) is -1.31. The Hall–Kier alpha value is -4.62. The van der Waals surface area contributed by atoms with E-state index in [0.29, 0.717) is 21.8 Å². The molecule has 3 heterocycles. The molecule has 0 bridgehead atoms. The van der Waals surface area contributed by atoms with E-state index in [-0.39, 0.29) is 50.2 Å². The highest BCUT2D eigenvalue weighted by atomic mass is 32.1. The summed E-state index contributed by atoms with van der Waals surface area (Å²) < 4.78 is 27.8. The van der Waals surface area contributed by atoms with Crippen molar-refractivity contribution in [1.82, 2.24) is 30.1 Å². The van der Waals surface area contributed by atoms with E-state index in [4.69, 9.17) is 5.73 Å². The Kier molecular flexibility index (Phi) is 7.67. The maximum atomic E-state index is 14.0. The minimum atomic E-state index is -0.864. The number of anilines is 1. The standard InChI is InChI=1S/C30H29F2N7O3S/c1-36(30(42)34-14-19-7-11-22(32)12-8-19)38-17-26(40)39-23(13-18-5-9-21(31)10-6-18)28(41)37(16-25(38)39)15-20-3-2-4-24-27(20)35-29(33)43-24/h2-12,23,25H,13-17H2,1H3,(H2,33,35)(H,34,42)/t23-,25+/m0/s1. The highest BCUT2D eigenvalue weighted by Gasteiger charge is 2.51. The van der Waals surface area contributed by atoms with Gasteiger partial charge in [0.05, 0.1) is 23.3 Å². The van der Waals surface area contributed by atoms with Gasteiger partial charge in [0, 0.05) is 26.6 Å². The Labute approximate surface area is 250 Å². The molecule has 3 aromatic carbocycles. The number of carbonyl (C=O) groups excluding carboxylic acids is 3. The third-order valence-corrected chi connectivity index (χ3v) is 8.68. The van der Waals surface area contributed by atoms with E-state index in [2.05, 4.69) is 10.3 Å². The first-order valence-electron chi connectivity index (χ1n) is 13.7. The summed E-state index contributed by atoms with van der Waals surface area (Å²) in [4.78, 5) is 48.3. The molecule has 2 atom stereocenters. The molecule has 0 radical (unpaired) electrons. The average molecular weight is 606 g/mol. The van der Waals surface area contributed by atoms with Gasteiger partial charge < -0.3 is 20.9 Å². The topological polar surface area (TPSA) is 115 Å². The number of rotatable bonds is 7. The molecule has 10 nitrogen and oxygen atoms in total. The lowest BCUT2D eigenvalue weighted by Crippen LogP contribution is -2.65. The molecule has 4 aromatic rings. The quantitative estimate of drug-likeness (QED) is 0.334. The zero-order chi connectivity index (χ0) is 30.2. The molecule has 0 saturated carbocycles. The van der Waals surface area contributed by atoms with E-state index in [1.165, 1.54) is 45.5 Å². The van der Waals surface area contributed by atoms with Gasteiger partial charge in [-0.25, -0.2) is 18.6 Å². The number of amides is 4. The van der Waals surface area contributed by atoms with Gasteiger partial charge in [-0.3, -0.25) is 14.6 Å². The molecule has 43 heavy (non-hydrogen) atoms. The van der Waals surface area contributed by atoms with Crippen molar-refractivity contribution in [2.75, 3.05) is 25.9 Å². The number of fused-ring (bicyclic) bond motifs is 2. The number of hydrogen-bond donors (Lipinski definition) is 2. The van der Waals surface area contributed by atoms with E-state index >= 15 is 0 Å². The fourth-order valence-corrected chi connectivity index (χ4v) is 6.44. The first kappa shape index (κ1) is 28.5. The van der Waals surface area contributed by atoms with Gasteiger partial charge in [0.1, 0.15) is 23.8 Å². The highest BCUT2D eigenvalue weighted by molar-refractivity contribution is 7.22. The Morgan fingerprint density at radius 3 is 2.42 bits per heavy atom. The van der Waals surface area contributed by atoms with Crippen LogP contribution in [0.25, 0.3) is 10.2 Å². The van der Waals surface area contributed by atoms with Gasteiger partial charge in [0.25, 0.3) is 0 Å². The largest absolute Gasteiger partial charge is 0.375 e. The van der Waals surface area contributed by atoms with Crippen molar-refractivity contribution >= 4 is 44.5 Å². The number of nitrogens with two attached hydrogens (primary N) is 1. The summed E-state index contributed by atoms with van der Waals surface area (Å²) in [5.41, 5.74) is 8.91. The van der Waals surface area contributed by atoms with Gasteiger partial charge in [-0.1, -0.05) is 47.7 Å². The summed E-state index contributed by atoms with van der Waals surface area (Å²) in [7, 11) is 1.56. The number of hydrazine groups is 1. The molecule has 13 heteroatoms. The summed E-state index contributed by atoms with van der Waals surface area (Å²) in [6.07, 6.45) is -0.447. The fraction of sp³-hybridized carbons (Fsp3) is 0.267. The third kappa shape index (κ3) is 5.73. The number of halogens is 2. The first-order valence-corrected chi connectivity index (χ1v) is 14.5. The number of piperazine rings is 1. The average Bonchev–Trinajstić information content (AvgIpc) is 3.54. The monoisotopic (exact) mass is 605 g/mol. The smallest absolute Gasteiger partial charge is 0.332 e. The number of aromatic nitrogens is 1. The summed E-state index contributed by atoms with van der Waals surface area (Å²) in [6.45, 7) is 0.435. The normalized spacial score (nSPS) is 18.8. The molecule has 2 fully saturated rings. The van der Waals surface area contributed by atoms with E-state index < -0.39 is 24.1 Å². The molecule has 0 spiro atoms. The van der Waals surface area contributed by atoms with Gasteiger partial charge >= 0.3 is 6.03 Å². The molecule has 2 aliphatic rings. The van der Waals surface area contributed by atoms with Gasteiger partial charge in [-0.15, -0.1) is 0 Å². The Bertz CT molecular complexity index is 1680. The molecule has 2 aliphatic heterocycles. The zero-order valence-corrected chi connectivity index (χ0v) is 24.1. The number of para-hydroxylation sites is 1. The van der Waals surface area contributed by atoms with Crippen molar-refractivity contribution in [3.8, 4) is 0 Å². The van der Waals surface area contributed by atoms with Crippen LogP contribution in [0, 0.1) is 11.6 Å². The van der Waals surface area contributed by atoms with Gasteiger partial charge in [0.15, 0.2) is 5.13 Å². The molecular formula is C30H29F2N7O3S. The Balaban J connectivity index is 1.27. The molecule has 3 N–H and O–H groups in total. The van der Waals surface area contributed by atoms with Crippen molar-refractivity contribution in [2.45, 2.75) is 31.7 Å². The number of carbonyl (C=O) groups is 3. The van der Waals surface area contributed by atoms with Crippen LogP contribution in [0.5, 0.6) is 0 Å². The Morgan fingerprint density at radius 2 is 1.72 bits per heavy atom. The second-order valence-electron chi connectivity index (χ2n) is 10.6. The predicted octanol–water partition coefficient (Wildman–Crippen LogP) is 3.34. The van der Waals surface area contributed by atoms with Crippen molar-refractivity contribution in [1.29, 1.82) is 0 Å². The molecule has 0 aliphatic carbocycles. The highest BCUT2D eigenvalue weighted by Crippen LogP contribution is 2.32. The van der Waals surface area contributed by atoms with Crippen molar-refractivity contribution in [2.24, 2.45) is 0 Å². The second kappa shape index (κ2) is 11.6. The third-order valence-electron chi connectivity index (χ3n) is 7.83. The predicted molar refractivity (Wildman–Crippen MR) is 157 cm³/mol. The maximum Gasteiger partial charge on any atom is 0.332 e. The lowest BCUT2D eigenvalue weighted by Gasteiger charge is -2.45. The number of nitrogens with one attached hydrogen (secondary N) is 1. The van der Waals surface area contributed by atoms with Crippen LogP contribution in [0.4, 0.5) is 18.7 Å². The molecule has 6 rings (SSSR count). The number of benzene rings is 3. The second-order valence-corrected chi connectivity index (χ2v) is 11.6. The van der Waals surface area contributed by atoms with Crippen LogP contribution < -0.4 is 11.1 Å². The Morgan fingerprint density at radius 1 is 1.05 bits per heavy atom. The first-order chi connectivity index (χ1) is 20.7. The van der Waals surface area contributed by atoms with E-state index in [9.17, 15) is 23.2 Å². The molecule has 2 saturated heterocycles. The van der Waals surface area contributed by atoms with Crippen LogP contribution in [0.2, 0.25) is 0 Å². The SMILES string of the molecule is CN(C(=O)NCc1ccc(F)cc1)N1CC(=O)N2[C@@H](Cc3ccc(F)cc3)C(=O)N(Cc3cccc4sc(N)nc34)C[C@@H]21. The van der Waals surface area contributed by atoms with Gasteiger partial charge in [-0.2, -0.15) is 5.01 Å². The summed E-state index contributed by atoms with van der Waals surface area (Å²) in [6, 6.07) is 16.0. The number of urea groups is 1. The van der Waals surface area contributed by atoms with Crippen molar-refractivity contribution < 1.29 is 23.2 Å². The van der Waals surface area contributed by atoms with E-state index in [1.807, 2.05) is 18.2 Å². The molecule has 222 valence electrons. The number of nitrogen functional groups attached to an aromatic ring is 1. The number of hydrogen-bond acceptors (Lipinski definition) is 7. The molecule has 0 unspecified atom stereocenters. The maximum absolute atomic E-state index is 14.0. The molecule has 1 aromatic heterocycles. The molecule has 4 amide bonds. The zero-order valence-electron chi connectivity index (χ0n) is 23.2. The van der Waals surface area contributed by atoms with Crippen LogP contribution in [0.3, 0.4) is 0 Å². The summed E-state index contributed by atoms with van der Waals surface area (Å²) in [5, 5.41) is 6.21. The van der Waals surface area contributed by atoms with E-state index in [1.54, 1.807) is 41.2 Å². The fourth-order valence-electron chi connectivity index (χ4n) is 5.66. The van der Waals surface area contributed by atoms with Crippen LogP contribution in [0.15, 0.2) is 66.7 Å². The van der Waals surface area contributed by atoms with Crippen LogP contribution in [-0.2, 0) is 29.1 Å². The van der Waals surface area contributed by atoms with Crippen LogP contribution in [-0.4, -0.2) is 75.0 Å². The van der Waals surface area contributed by atoms with E-state index in [0.717, 1.165) is 10.3 Å². The molecular weight excluding hydrogens is 576 g/mol. The van der Waals surface area contributed by atoms with Crippen LogP contribution in [0.1, 0.15) is 16.7 Å². The number of nitrogens with zero attached hydrogens (tertiary/aromatic N) is 5. The number of thiazole rings is 1. The minimum absolute atomic E-state index is 0.107. The van der Waals surface area contributed by atoms with Gasteiger partial charge in [-0.05, 0) is 47.0 Å². The van der Waals surface area contributed by atoms with Crippen molar-refractivity contribution in [3.63, 3.8) is 0 Å². The van der Waals surface area contributed by atoms with Crippen LogP contribution >= 0.6 is 11.3 Å².